The second-order valence-electron chi connectivity index (χ2n) is 3.62. The molecule has 2 aromatic rings. The highest BCUT2D eigenvalue weighted by Gasteiger charge is 2.22. The molecule has 0 saturated carbocycles. The van der Waals surface area contributed by atoms with Crippen molar-refractivity contribution in [3.63, 3.8) is 0 Å². The van der Waals surface area contributed by atoms with Crippen molar-refractivity contribution in [3.8, 4) is 11.5 Å². The molecule has 0 aliphatic carbocycles. The van der Waals surface area contributed by atoms with Gasteiger partial charge in [-0.3, -0.25) is 4.79 Å². The summed E-state index contributed by atoms with van der Waals surface area (Å²) in [4.78, 5) is 12.4. The number of carbonyl (C=O) groups excluding carboxylic acids is 1. The van der Waals surface area contributed by atoms with E-state index >= 15 is 0 Å². The van der Waals surface area contributed by atoms with Crippen LogP contribution in [0, 0.1) is 0 Å². The van der Waals surface area contributed by atoms with E-state index in [1.165, 1.54) is 7.11 Å². The molecular formula is C13H10Br2O4. The standard InChI is InChI=1S/C13H10Br2O4/c1-17-7-5-8(14)12(10(6-7)18-2)13(16)9-3-4-11(15)19-9/h3-6H,1-2H3. The average Bonchev–Trinajstić information content (AvgIpc) is 2.83. The highest BCUT2D eigenvalue weighted by molar-refractivity contribution is 9.10. The number of hydrogen-bond donors (Lipinski definition) is 0. The molecule has 0 saturated heterocycles. The van der Waals surface area contributed by atoms with Crippen LogP contribution in [0.5, 0.6) is 11.5 Å². The zero-order valence-corrected chi connectivity index (χ0v) is 13.4. The van der Waals surface area contributed by atoms with Gasteiger partial charge < -0.3 is 13.9 Å². The molecule has 0 aliphatic rings. The summed E-state index contributed by atoms with van der Waals surface area (Å²) in [6.45, 7) is 0. The predicted molar refractivity (Wildman–Crippen MR) is 77.1 cm³/mol. The quantitative estimate of drug-likeness (QED) is 0.740. The number of carbonyl (C=O) groups is 1. The molecule has 0 atom stereocenters. The molecule has 1 aromatic heterocycles. The summed E-state index contributed by atoms with van der Waals surface area (Å²) in [5, 5.41) is 0. The summed E-state index contributed by atoms with van der Waals surface area (Å²) in [6.07, 6.45) is 0. The summed E-state index contributed by atoms with van der Waals surface area (Å²) in [6, 6.07) is 6.61. The second-order valence-corrected chi connectivity index (χ2v) is 5.26. The average molecular weight is 390 g/mol. The predicted octanol–water partition coefficient (Wildman–Crippen LogP) is 4.05. The molecule has 0 spiro atoms. The summed E-state index contributed by atoms with van der Waals surface area (Å²) < 4.78 is 16.7. The first-order valence-electron chi connectivity index (χ1n) is 5.28. The van der Waals surface area contributed by atoms with E-state index in [9.17, 15) is 4.79 Å². The van der Waals surface area contributed by atoms with Gasteiger partial charge in [-0.1, -0.05) is 0 Å². The van der Waals surface area contributed by atoms with Crippen LogP contribution in [-0.4, -0.2) is 20.0 Å². The highest BCUT2D eigenvalue weighted by atomic mass is 79.9. The maximum atomic E-state index is 12.4. The number of methoxy groups -OCH3 is 2. The van der Waals surface area contributed by atoms with E-state index < -0.39 is 0 Å². The van der Waals surface area contributed by atoms with Crippen molar-refractivity contribution in [2.75, 3.05) is 14.2 Å². The van der Waals surface area contributed by atoms with Gasteiger partial charge in [0, 0.05) is 10.5 Å². The number of hydrogen-bond acceptors (Lipinski definition) is 4. The Hall–Kier alpha value is -1.27. The SMILES string of the molecule is COc1cc(Br)c(C(=O)c2ccc(Br)o2)c(OC)c1. The van der Waals surface area contributed by atoms with Crippen LogP contribution in [0.2, 0.25) is 0 Å². The van der Waals surface area contributed by atoms with Crippen molar-refractivity contribution < 1.29 is 18.7 Å². The smallest absolute Gasteiger partial charge is 0.233 e. The summed E-state index contributed by atoms with van der Waals surface area (Å²) >= 11 is 6.52. The van der Waals surface area contributed by atoms with E-state index in [2.05, 4.69) is 31.9 Å². The number of ketones is 1. The van der Waals surface area contributed by atoms with Crippen LogP contribution in [0.15, 0.2) is 37.8 Å². The van der Waals surface area contributed by atoms with Gasteiger partial charge in [-0.2, -0.15) is 0 Å². The van der Waals surface area contributed by atoms with Crippen LogP contribution >= 0.6 is 31.9 Å². The van der Waals surface area contributed by atoms with Crippen molar-refractivity contribution in [3.05, 3.63) is 44.7 Å². The van der Waals surface area contributed by atoms with E-state index in [0.29, 0.717) is 26.2 Å². The van der Waals surface area contributed by atoms with Crippen molar-refractivity contribution >= 4 is 37.6 Å². The monoisotopic (exact) mass is 388 g/mol. The van der Waals surface area contributed by atoms with E-state index in [-0.39, 0.29) is 11.5 Å². The van der Waals surface area contributed by atoms with Gasteiger partial charge in [0.25, 0.3) is 0 Å². The van der Waals surface area contributed by atoms with Crippen molar-refractivity contribution in [1.82, 2.24) is 0 Å². The largest absolute Gasteiger partial charge is 0.497 e. The second kappa shape index (κ2) is 5.79. The van der Waals surface area contributed by atoms with Gasteiger partial charge >= 0.3 is 0 Å². The molecular weight excluding hydrogens is 380 g/mol. The van der Waals surface area contributed by atoms with E-state index in [4.69, 9.17) is 13.9 Å². The molecule has 4 nitrogen and oxygen atoms in total. The summed E-state index contributed by atoms with van der Waals surface area (Å²) in [5.74, 6) is 0.984. The molecule has 0 amide bonds. The fourth-order valence-corrected chi connectivity index (χ4v) is 2.52. The van der Waals surface area contributed by atoms with Crippen molar-refractivity contribution in [2.45, 2.75) is 0 Å². The van der Waals surface area contributed by atoms with Gasteiger partial charge in [-0.15, -0.1) is 0 Å². The van der Waals surface area contributed by atoms with Crippen molar-refractivity contribution in [2.24, 2.45) is 0 Å². The van der Waals surface area contributed by atoms with Crippen LogP contribution in [0.1, 0.15) is 16.1 Å². The molecule has 1 heterocycles. The molecule has 19 heavy (non-hydrogen) atoms. The maximum Gasteiger partial charge on any atom is 0.233 e. The number of furan rings is 1. The fraction of sp³-hybridized carbons (Fsp3) is 0.154. The Morgan fingerprint density at radius 1 is 1.16 bits per heavy atom. The Morgan fingerprint density at radius 3 is 2.42 bits per heavy atom. The Morgan fingerprint density at radius 2 is 1.89 bits per heavy atom. The molecule has 100 valence electrons. The van der Waals surface area contributed by atoms with E-state index in [1.54, 1.807) is 31.4 Å². The van der Waals surface area contributed by atoms with Crippen molar-refractivity contribution in [1.29, 1.82) is 0 Å². The van der Waals surface area contributed by atoms with Gasteiger partial charge in [0.15, 0.2) is 10.4 Å². The van der Waals surface area contributed by atoms with Crippen LogP contribution in [0.25, 0.3) is 0 Å². The molecule has 0 fully saturated rings. The maximum absolute atomic E-state index is 12.4. The Bertz CT molecular complexity index is 619. The summed E-state index contributed by atoms with van der Waals surface area (Å²) in [5.41, 5.74) is 0.394. The third-order valence-electron chi connectivity index (χ3n) is 2.51. The van der Waals surface area contributed by atoms with Crippen LogP contribution in [0.4, 0.5) is 0 Å². The van der Waals surface area contributed by atoms with Crippen LogP contribution < -0.4 is 9.47 Å². The van der Waals surface area contributed by atoms with Gasteiger partial charge in [0.2, 0.25) is 5.78 Å². The fourth-order valence-electron chi connectivity index (χ4n) is 1.62. The third-order valence-corrected chi connectivity index (χ3v) is 3.56. The first kappa shape index (κ1) is 14.1. The molecule has 0 unspecified atom stereocenters. The molecule has 0 radical (unpaired) electrons. The first-order chi connectivity index (χ1) is 9.06. The molecule has 2 rings (SSSR count). The first-order valence-corrected chi connectivity index (χ1v) is 6.87. The lowest BCUT2D eigenvalue weighted by Gasteiger charge is -2.11. The van der Waals surface area contributed by atoms with Gasteiger partial charge in [0.05, 0.1) is 19.8 Å². The Balaban J connectivity index is 2.52. The molecule has 1 aromatic carbocycles. The van der Waals surface area contributed by atoms with Gasteiger partial charge in [0.1, 0.15) is 11.5 Å². The minimum absolute atomic E-state index is 0.232. The number of rotatable bonds is 4. The summed E-state index contributed by atoms with van der Waals surface area (Å²) in [7, 11) is 3.04. The molecule has 0 N–H and O–H groups in total. The normalized spacial score (nSPS) is 10.3. The number of halogens is 2. The Labute approximate surface area is 127 Å². The lowest BCUT2D eigenvalue weighted by atomic mass is 10.1. The minimum Gasteiger partial charge on any atom is -0.497 e. The lowest BCUT2D eigenvalue weighted by Crippen LogP contribution is -2.04. The molecule has 0 bridgehead atoms. The van der Waals surface area contributed by atoms with E-state index in [0.717, 1.165) is 0 Å². The zero-order chi connectivity index (χ0) is 14.0. The Kier molecular flexibility index (Phi) is 4.31. The molecule has 6 heteroatoms. The van der Waals surface area contributed by atoms with Crippen LogP contribution in [-0.2, 0) is 0 Å². The number of ether oxygens (including phenoxy) is 2. The van der Waals surface area contributed by atoms with Gasteiger partial charge in [-0.25, -0.2) is 0 Å². The minimum atomic E-state index is -0.267. The lowest BCUT2D eigenvalue weighted by molar-refractivity contribution is 0.100. The highest BCUT2D eigenvalue weighted by Crippen LogP contribution is 2.34. The van der Waals surface area contributed by atoms with Crippen LogP contribution in [0.3, 0.4) is 0 Å². The molecule has 0 aliphatic heterocycles. The third kappa shape index (κ3) is 2.84. The topological polar surface area (TPSA) is 48.7 Å². The van der Waals surface area contributed by atoms with Gasteiger partial charge in [-0.05, 0) is 50.1 Å². The zero-order valence-electron chi connectivity index (χ0n) is 10.2. The van der Waals surface area contributed by atoms with E-state index in [1.807, 2.05) is 0 Å². The number of benzene rings is 1.